The SMILES string of the molecule is Nc1ccc(C2(C(=O)NCCOCC(=O)O)CC2)cc1. The van der Waals surface area contributed by atoms with Crippen LogP contribution in [0, 0.1) is 0 Å². The standard InChI is InChI=1S/C14H18N2O4/c15-11-3-1-10(2-4-11)14(5-6-14)13(19)16-7-8-20-9-12(17)18/h1-4H,5-9,15H2,(H,16,19)(H,17,18). The molecule has 4 N–H and O–H groups in total. The summed E-state index contributed by atoms with van der Waals surface area (Å²) in [5.41, 5.74) is 6.84. The third-order valence-corrected chi connectivity index (χ3v) is 3.41. The maximum Gasteiger partial charge on any atom is 0.329 e. The minimum Gasteiger partial charge on any atom is -0.480 e. The summed E-state index contributed by atoms with van der Waals surface area (Å²) in [5.74, 6) is -1.06. The molecule has 1 aliphatic rings. The zero-order valence-electron chi connectivity index (χ0n) is 11.1. The Morgan fingerprint density at radius 2 is 1.95 bits per heavy atom. The molecule has 6 nitrogen and oxygen atoms in total. The normalized spacial score (nSPS) is 15.6. The number of nitrogens with one attached hydrogen (secondary N) is 1. The third kappa shape index (κ3) is 3.27. The van der Waals surface area contributed by atoms with Crippen LogP contribution >= 0.6 is 0 Å². The van der Waals surface area contributed by atoms with Crippen molar-refractivity contribution in [1.29, 1.82) is 0 Å². The summed E-state index contributed by atoms with van der Waals surface area (Å²) in [7, 11) is 0. The molecule has 0 heterocycles. The van der Waals surface area contributed by atoms with Gasteiger partial charge < -0.3 is 20.9 Å². The number of anilines is 1. The predicted molar refractivity (Wildman–Crippen MR) is 73.2 cm³/mol. The molecule has 0 bridgehead atoms. The van der Waals surface area contributed by atoms with Crippen LogP contribution < -0.4 is 11.1 Å². The van der Waals surface area contributed by atoms with Crippen LogP contribution in [0.15, 0.2) is 24.3 Å². The third-order valence-electron chi connectivity index (χ3n) is 3.41. The molecule has 108 valence electrons. The smallest absolute Gasteiger partial charge is 0.329 e. The lowest BCUT2D eigenvalue weighted by atomic mass is 9.95. The van der Waals surface area contributed by atoms with Crippen LogP contribution in [0.4, 0.5) is 5.69 Å². The second kappa shape index (κ2) is 5.92. The van der Waals surface area contributed by atoms with Gasteiger partial charge in [0.25, 0.3) is 0 Å². The summed E-state index contributed by atoms with van der Waals surface area (Å²) in [6.45, 7) is 0.150. The summed E-state index contributed by atoms with van der Waals surface area (Å²) in [6.07, 6.45) is 1.64. The van der Waals surface area contributed by atoms with E-state index in [0.717, 1.165) is 18.4 Å². The van der Waals surface area contributed by atoms with Gasteiger partial charge in [-0.1, -0.05) is 12.1 Å². The van der Waals surface area contributed by atoms with E-state index in [1.807, 2.05) is 12.1 Å². The predicted octanol–water partition coefficient (Wildman–Crippen LogP) is 0.518. The highest BCUT2D eigenvalue weighted by Gasteiger charge is 2.50. The molecule has 1 amide bonds. The van der Waals surface area contributed by atoms with Gasteiger partial charge in [-0.05, 0) is 30.5 Å². The van der Waals surface area contributed by atoms with Gasteiger partial charge in [0.05, 0.1) is 12.0 Å². The van der Waals surface area contributed by atoms with Gasteiger partial charge >= 0.3 is 5.97 Å². The van der Waals surface area contributed by atoms with Gasteiger partial charge in [-0.15, -0.1) is 0 Å². The molecule has 0 spiro atoms. The Balaban J connectivity index is 1.83. The van der Waals surface area contributed by atoms with Crippen molar-refractivity contribution in [3.8, 4) is 0 Å². The molecule has 0 unspecified atom stereocenters. The molecule has 0 aromatic heterocycles. The number of nitrogens with two attached hydrogens (primary N) is 1. The molecule has 1 fully saturated rings. The Morgan fingerprint density at radius 3 is 2.50 bits per heavy atom. The molecule has 0 saturated heterocycles. The number of carboxylic acids is 1. The van der Waals surface area contributed by atoms with Crippen molar-refractivity contribution in [2.24, 2.45) is 0 Å². The highest BCUT2D eigenvalue weighted by molar-refractivity contribution is 5.91. The lowest BCUT2D eigenvalue weighted by Crippen LogP contribution is -2.36. The Labute approximate surface area is 116 Å². The number of benzene rings is 1. The summed E-state index contributed by atoms with van der Waals surface area (Å²) in [4.78, 5) is 22.5. The number of amides is 1. The number of carbonyl (C=O) groups is 2. The lowest BCUT2D eigenvalue weighted by molar-refractivity contribution is -0.142. The van der Waals surface area contributed by atoms with Crippen LogP contribution in [-0.2, 0) is 19.7 Å². The Bertz CT molecular complexity index is 494. The van der Waals surface area contributed by atoms with Gasteiger partial charge in [0.15, 0.2) is 0 Å². The van der Waals surface area contributed by atoms with Crippen molar-refractivity contribution in [2.75, 3.05) is 25.5 Å². The zero-order valence-corrected chi connectivity index (χ0v) is 11.1. The van der Waals surface area contributed by atoms with E-state index in [0.29, 0.717) is 12.2 Å². The van der Waals surface area contributed by atoms with Gasteiger partial charge in [-0.3, -0.25) is 4.79 Å². The van der Waals surface area contributed by atoms with Crippen molar-refractivity contribution < 1.29 is 19.4 Å². The molecule has 2 rings (SSSR count). The van der Waals surface area contributed by atoms with Gasteiger partial charge in [-0.2, -0.15) is 0 Å². The number of carbonyl (C=O) groups excluding carboxylic acids is 1. The second-order valence-corrected chi connectivity index (χ2v) is 4.91. The number of nitrogen functional groups attached to an aromatic ring is 1. The largest absolute Gasteiger partial charge is 0.480 e. The first-order chi connectivity index (χ1) is 9.54. The molecule has 0 aliphatic heterocycles. The Hall–Kier alpha value is -2.08. The number of carboxylic acid groups (broad SMARTS) is 1. The monoisotopic (exact) mass is 278 g/mol. The van der Waals surface area contributed by atoms with Crippen molar-refractivity contribution in [2.45, 2.75) is 18.3 Å². The van der Waals surface area contributed by atoms with E-state index < -0.39 is 11.4 Å². The molecule has 1 saturated carbocycles. The van der Waals surface area contributed by atoms with Crippen LogP contribution in [0.25, 0.3) is 0 Å². The average molecular weight is 278 g/mol. The fourth-order valence-corrected chi connectivity index (χ4v) is 2.14. The van der Waals surface area contributed by atoms with E-state index in [4.69, 9.17) is 15.6 Å². The molecule has 0 atom stereocenters. The first-order valence-electron chi connectivity index (χ1n) is 6.48. The minimum atomic E-state index is -1.02. The van der Waals surface area contributed by atoms with Gasteiger partial charge in [0, 0.05) is 12.2 Å². The minimum absolute atomic E-state index is 0.0406. The van der Waals surface area contributed by atoms with Gasteiger partial charge in [-0.25, -0.2) is 4.79 Å². The topological polar surface area (TPSA) is 102 Å². The van der Waals surface area contributed by atoms with E-state index in [1.165, 1.54) is 0 Å². The summed E-state index contributed by atoms with van der Waals surface area (Å²) in [5, 5.41) is 11.2. The molecular formula is C14H18N2O4. The summed E-state index contributed by atoms with van der Waals surface area (Å²) in [6, 6.07) is 7.34. The first kappa shape index (κ1) is 14.3. The number of aliphatic carboxylic acids is 1. The van der Waals surface area contributed by atoms with Gasteiger partial charge in [0.1, 0.15) is 6.61 Å². The fourth-order valence-electron chi connectivity index (χ4n) is 2.14. The number of hydrogen-bond donors (Lipinski definition) is 3. The van der Waals surface area contributed by atoms with Crippen molar-refractivity contribution in [3.05, 3.63) is 29.8 Å². The molecule has 6 heteroatoms. The number of ether oxygens (including phenoxy) is 1. The number of rotatable bonds is 7. The van der Waals surface area contributed by atoms with Crippen LogP contribution in [0.2, 0.25) is 0 Å². The highest BCUT2D eigenvalue weighted by Crippen LogP contribution is 2.48. The van der Waals surface area contributed by atoms with Crippen molar-refractivity contribution in [1.82, 2.24) is 5.32 Å². The fraction of sp³-hybridized carbons (Fsp3) is 0.429. The quantitative estimate of drug-likeness (QED) is 0.498. The van der Waals surface area contributed by atoms with E-state index in [-0.39, 0.29) is 19.1 Å². The molecule has 1 aromatic carbocycles. The van der Waals surface area contributed by atoms with E-state index in [9.17, 15) is 9.59 Å². The molecular weight excluding hydrogens is 260 g/mol. The van der Waals surface area contributed by atoms with Crippen LogP contribution in [0.1, 0.15) is 18.4 Å². The molecule has 20 heavy (non-hydrogen) atoms. The van der Waals surface area contributed by atoms with Gasteiger partial charge in [0.2, 0.25) is 5.91 Å². The lowest BCUT2D eigenvalue weighted by Gasteiger charge is -2.16. The maximum atomic E-state index is 12.2. The Morgan fingerprint density at radius 1 is 1.30 bits per heavy atom. The summed E-state index contributed by atoms with van der Waals surface area (Å²) < 4.78 is 4.87. The second-order valence-electron chi connectivity index (χ2n) is 4.91. The van der Waals surface area contributed by atoms with E-state index in [2.05, 4.69) is 5.32 Å². The first-order valence-corrected chi connectivity index (χ1v) is 6.48. The van der Waals surface area contributed by atoms with E-state index in [1.54, 1.807) is 12.1 Å². The van der Waals surface area contributed by atoms with Crippen LogP contribution in [0.5, 0.6) is 0 Å². The van der Waals surface area contributed by atoms with E-state index >= 15 is 0 Å². The van der Waals surface area contributed by atoms with Crippen molar-refractivity contribution in [3.63, 3.8) is 0 Å². The van der Waals surface area contributed by atoms with Crippen LogP contribution in [0.3, 0.4) is 0 Å². The molecule has 1 aromatic rings. The average Bonchev–Trinajstić information content (AvgIpc) is 3.20. The number of hydrogen-bond acceptors (Lipinski definition) is 4. The van der Waals surface area contributed by atoms with Crippen molar-refractivity contribution >= 4 is 17.6 Å². The zero-order chi connectivity index (χ0) is 14.6. The highest BCUT2D eigenvalue weighted by atomic mass is 16.5. The van der Waals surface area contributed by atoms with Crippen LogP contribution in [-0.4, -0.2) is 36.7 Å². The summed E-state index contributed by atoms with van der Waals surface area (Å²) >= 11 is 0. The maximum absolute atomic E-state index is 12.2. The molecule has 0 radical (unpaired) electrons. The Kier molecular flexibility index (Phi) is 4.24. The molecule has 1 aliphatic carbocycles.